The molecule has 1 aromatic carbocycles. The Kier molecular flexibility index (Phi) is 7.80. The molecule has 1 atom stereocenters. The van der Waals surface area contributed by atoms with E-state index in [0.29, 0.717) is 24.2 Å². The van der Waals surface area contributed by atoms with E-state index in [1.54, 1.807) is 31.2 Å². The third-order valence-electron chi connectivity index (χ3n) is 3.50. The molecular weight excluding hydrogens is 296 g/mol. The summed E-state index contributed by atoms with van der Waals surface area (Å²) < 4.78 is 0. The monoisotopic (exact) mass is 320 g/mol. The third kappa shape index (κ3) is 7.44. The second-order valence-electron chi connectivity index (χ2n) is 5.53. The first kappa shape index (κ1) is 18.7. The molecule has 126 valence electrons. The number of benzene rings is 1. The number of rotatable bonds is 9. The lowest BCUT2D eigenvalue weighted by atomic mass is 10.0. The number of carboxylic acid groups (broad SMARTS) is 1. The zero-order valence-electron chi connectivity index (χ0n) is 13.6. The average Bonchev–Trinajstić information content (AvgIpc) is 2.49. The molecule has 0 aromatic heterocycles. The minimum atomic E-state index is -0.896. The van der Waals surface area contributed by atoms with Gasteiger partial charge in [0.15, 0.2) is 0 Å². The highest BCUT2D eigenvalue weighted by molar-refractivity contribution is 5.91. The summed E-state index contributed by atoms with van der Waals surface area (Å²) in [7, 11) is 0. The number of hydrogen-bond donors (Lipinski definition) is 3. The van der Waals surface area contributed by atoms with Crippen LogP contribution in [0, 0.1) is 0 Å². The van der Waals surface area contributed by atoms with Crippen LogP contribution < -0.4 is 10.6 Å². The molecule has 1 unspecified atom stereocenters. The predicted molar refractivity (Wildman–Crippen MR) is 88.3 cm³/mol. The summed E-state index contributed by atoms with van der Waals surface area (Å²) in [4.78, 5) is 33.6. The van der Waals surface area contributed by atoms with Crippen molar-refractivity contribution < 1.29 is 19.5 Å². The lowest BCUT2D eigenvalue weighted by Gasteiger charge is -2.10. The molecule has 6 heteroatoms. The molecule has 6 nitrogen and oxygen atoms in total. The van der Waals surface area contributed by atoms with Gasteiger partial charge in [-0.25, -0.2) is 0 Å². The number of unbranched alkanes of at least 4 members (excludes halogenated alkanes) is 2. The Labute approximate surface area is 136 Å². The molecule has 3 N–H and O–H groups in total. The highest BCUT2D eigenvalue weighted by Crippen LogP contribution is 2.19. The molecule has 0 aliphatic heterocycles. The van der Waals surface area contributed by atoms with Gasteiger partial charge in [-0.2, -0.15) is 0 Å². The second kappa shape index (κ2) is 9.61. The Bertz CT molecular complexity index is 557. The van der Waals surface area contributed by atoms with Gasteiger partial charge in [-0.15, -0.1) is 0 Å². The average molecular weight is 320 g/mol. The number of amides is 2. The molecule has 0 spiro atoms. The number of nitrogens with one attached hydrogen (secondary N) is 2. The standard InChI is InChI=1S/C17H24N2O4/c1-12(17(22)23)14-7-6-8-15(11-14)19-16(21)9-4-3-5-10-18-13(2)20/h6-8,11-12H,3-5,9-10H2,1-2H3,(H,18,20)(H,19,21)(H,22,23). The third-order valence-corrected chi connectivity index (χ3v) is 3.50. The van der Waals surface area contributed by atoms with Crippen molar-refractivity contribution in [3.05, 3.63) is 29.8 Å². The first-order valence-corrected chi connectivity index (χ1v) is 7.77. The minimum Gasteiger partial charge on any atom is -0.481 e. The van der Waals surface area contributed by atoms with E-state index in [1.165, 1.54) is 6.92 Å². The molecule has 1 aromatic rings. The first-order valence-electron chi connectivity index (χ1n) is 7.77. The lowest BCUT2D eigenvalue weighted by Crippen LogP contribution is -2.20. The van der Waals surface area contributed by atoms with Crippen molar-refractivity contribution in [2.75, 3.05) is 11.9 Å². The van der Waals surface area contributed by atoms with E-state index < -0.39 is 11.9 Å². The molecule has 0 saturated heterocycles. The van der Waals surface area contributed by atoms with E-state index in [-0.39, 0.29) is 11.8 Å². The summed E-state index contributed by atoms with van der Waals surface area (Å²) in [5.74, 6) is -1.64. The van der Waals surface area contributed by atoms with Crippen LogP contribution >= 0.6 is 0 Å². The number of carbonyl (C=O) groups excluding carboxylic acids is 2. The molecule has 0 saturated carbocycles. The maximum atomic E-state index is 11.9. The molecule has 1 rings (SSSR count). The van der Waals surface area contributed by atoms with Crippen molar-refractivity contribution in [2.45, 2.75) is 45.4 Å². The Morgan fingerprint density at radius 2 is 1.91 bits per heavy atom. The molecule has 0 bridgehead atoms. The van der Waals surface area contributed by atoms with Gasteiger partial charge in [0.25, 0.3) is 0 Å². The van der Waals surface area contributed by atoms with Crippen LogP contribution in [0.15, 0.2) is 24.3 Å². The van der Waals surface area contributed by atoms with Gasteiger partial charge in [0, 0.05) is 25.6 Å². The number of carbonyl (C=O) groups is 3. The zero-order chi connectivity index (χ0) is 17.2. The lowest BCUT2D eigenvalue weighted by molar-refractivity contribution is -0.138. The van der Waals surface area contributed by atoms with Crippen LogP contribution in [-0.2, 0) is 14.4 Å². The van der Waals surface area contributed by atoms with Crippen LogP contribution in [0.4, 0.5) is 5.69 Å². The Balaban J connectivity index is 2.35. The van der Waals surface area contributed by atoms with Gasteiger partial charge >= 0.3 is 5.97 Å². The van der Waals surface area contributed by atoms with Crippen LogP contribution in [0.3, 0.4) is 0 Å². The molecule has 23 heavy (non-hydrogen) atoms. The van der Waals surface area contributed by atoms with E-state index in [0.717, 1.165) is 19.3 Å². The van der Waals surface area contributed by atoms with Gasteiger partial charge in [0.1, 0.15) is 0 Å². The van der Waals surface area contributed by atoms with E-state index >= 15 is 0 Å². The van der Waals surface area contributed by atoms with Gasteiger partial charge in [-0.1, -0.05) is 18.6 Å². The fourth-order valence-corrected chi connectivity index (χ4v) is 2.10. The molecule has 0 heterocycles. The fraction of sp³-hybridized carbons (Fsp3) is 0.471. The fourth-order valence-electron chi connectivity index (χ4n) is 2.10. The van der Waals surface area contributed by atoms with Crippen LogP contribution in [0.25, 0.3) is 0 Å². The van der Waals surface area contributed by atoms with Gasteiger partial charge in [-0.05, 0) is 37.5 Å². The Morgan fingerprint density at radius 3 is 2.57 bits per heavy atom. The minimum absolute atomic E-state index is 0.0433. The summed E-state index contributed by atoms with van der Waals surface area (Å²) in [6, 6.07) is 6.90. The number of hydrogen-bond acceptors (Lipinski definition) is 3. The highest BCUT2D eigenvalue weighted by atomic mass is 16.4. The highest BCUT2D eigenvalue weighted by Gasteiger charge is 2.14. The number of aliphatic carboxylic acids is 1. The summed E-state index contributed by atoms with van der Waals surface area (Å²) in [5.41, 5.74) is 1.27. The molecule has 0 aliphatic carbocycles. The van der Waals surface area contributed by atoms with Crippen molar-refractivity contribution in [1.29, 1.82) is 0 Å². The predicted octanol–water partition coefficient (Wildman–Crippen LogP) is 2.51. The zero-order valence-corrected chi connectivity index (χ0v) is 13.6. The summed E-state index contributed by atoms with van der Waals surface area (Å²) in [6.07, 6.45) is 2.86. The van der Waals surface area contributed by atoms with E-state index in [9.17, 15) is 14.4 Å². The van der Waals surface area contributed by atoms with Crippen molar-refractivity contribution in [2.24, 2.45) is 0 Å². The van der Waals surface area contributed by atoms with Gasteiger partial charge in [0.05, 0.1) is 5.92 Å². The smallest absolute Gasteiger partial charge is 0.310 e. The van der Waals surface area contributed by atoms with Crippen molar-refractivity contribution in [1.82, 2.24) is 5.32 Å². The van der Waals surface area contributed by atoms with E-state index in [4.69, 9.17) is 5.11 Å². The molecule has 0 fully saturated rings. The molecular formula is C17H24N2O4. The molecule has 2 amide bonds. The van der Waals surface area contributed by atoms with Crippen LogP contribution in [0.2, 0.25) is 0 Å². The first-order chi connectivity index (χ1) is 10.9. The quantitative estimate of drug-likeness (QED) is 0.609. The van der Waals surface area contributed by atoms with Crippen LogP contribution in [-0.4, -0.2) is 29.4 Å². The molecule has 0 radical (unpaired) electrons. The maximum Gasteiger partial charge on any atom is 0.310 e. The Hall–Kier alpha value is -2.37. The normalized spacial score (nSPS) is 11.6. The van der Waals surface area contributed by atoms with Crippen LogP contribution in [0.1, 0.15) is 51.0 Å². The van der Waals surface area contributed by atoms with Gasteiger partial charge < -0.3 is 15.7 Å². The van der Waals surface area contributed by atoms with Crippen LogP contribution in [0.5, 0.6) is 0 Å². The summed E-state index contributed by atoms with van der Waals surface area (Å²) >= 11 is 0. The SMILES string of the molecule is CC(=O)NCCCCCC(=O)Nc1cccc(C(C)C(=O)O)c1. The number of anilines is 1. The largest absolute Gasteiger partial charge is 0.481 e. The maximum absolute atomic E-state index is 11.9. The Morgan fingerprint density at radius 1 is 1.17 bits per heavy atom. The summed E-state index contributed by atoms with van der Waals surface area (Å²) in [5, 5.41) is 14.5. The van der Waals surface area contributed by atoms with Crippen molar-refractivity contribution in [3.8, 4) is 0 Å². The summed E-state index contributed by atoms with van der Waals surface area (Å²) in [6.45, 7) is 3.72. The van der Waals surface area contributed by atoms with Gasteiger partial charge in [-0.3, -0.25) is 14.4 Å². The van der Waals surface area contributed by atoms with Crippen molar-refractivity contribution >= 4 is 23.5 Å². The van der Waals surface area contributed by atoms with E-state index in [2.05, 4.69) is 10.6 Å². The van der Waals surface area contributed by atoms with Crippen molar-refractivity contribution in [3.63, 3.8) is 0 Å². The molecule has 0 aliphatic rings. The van der Waals surface area contributed by atoms with E-state index in [1.807, 2.05) is 0 Å². The number of carboxylic acids is 1. The van der Waals surface area contributed by atoms with Gasteiger partial charge in [0.2, 0.25) is 11.8 Å². The topological polar surface area (TPSA) is 95.5 Å². The second-order valence-corrected chi connectivity index (χ2v) is 5.53.